The van der Waals surface area contributed by atoms with Crippen LogP contribution in [0.25, 0.3) is 43.8 Å². The molecule has 0 amide bonds. The van der Waals surface area contributed by atoms with Crippen LogP contribution in [0.1, 0.15) is 130 Å². The van der Waals surface area contributed by atoms with E-state index in [1.54, 1.807) is 13.8 Å². The molecular formula is C58H62O4. The molecule has 0 atom stereocenters. The molecule has 14 rings (SSSR count). The lowest BCUT2D eigenvalue weighted by Gasteiger charge is -2.57. The zero-order chi connectivity index (χ0) is 41.6. The Kier molecular flexibility index (Phi) is 10.2. The van der Waals surface area contributed by atoms with Crippen molar-refractivity contribution in [1.82, 2.24) is 0 Å². The standard InChI is InChI=1S/C29H30O2.C28H28O2.CH4/c1-18(30)22-3-4-24-13-25(6-5-23(24)12-22)26-7-8-28(31-2)27(14-26)29-15-19-9-20(16-29)11-21(10-19)17-29;1-17(29)21-2-3-23-12-24(5-4-22(23)11-21)25-6-7-27(30)26(13-25)28-14-18-8-19(15-28)10-20(9-18)16-28;/h3-8,12-14,19-21H,9-11,15-17H2,1-2H3;2-7,11-13,18-20,30H,8-10,14-16H2,1H3;1H4. The van der Waals surface area contributed by atoms with Crippen LogP contribution in [-0.4, -0.2) is 23.8 Å². The lowest BCUT2D eigenvalue weighted by atomic mass is 9.48. The SMILES string of the molecule is C.CC(=O)c1ccc2cc(-c3ccc(O)c(C45CC6CC(CC(C6)C4)C5)c3)ccc2c1.COc1ccc(-c2ccc3cc(C(C)=O)ccc3c2)cc1C12CC3CC(CC(C3)C1)C2. The van der Waals surface area contributed by atoms with E-state index < -0.39 is 0 Å². The van der Waals surface area contributed by atoms with E-state index >= 15 is 0 Å². The molecule has 8 aliphatic carbocycles. The second-order valence-electron chi connectivity index (χ2n) is 20.7. The van der Waals surface area contributed by atoms with E-state index in [0.717, 1.165) is 68.5 Å². The van der Waals surface area contributed by atoms with Gasteiger partial charge in [0.1, 0.15) is 11.5 Å². The highest BCUT2D eigenvalue weighted by Gasteiger charge is 2.53. The van der Waals surface area contributed by atoms with Gasteiger partial charge in [-0.2, -0.15) is 0 Å². The minimum absolute atomic E-state index is 0. The van der Waals surface area contributed by atoms with E-state index in [-0.39, 0.29) is 24.4 Å². The number of phenolic OH excluding ortho intramolecular Hbond substituents is 1. The number of methoxy groups -OCH3 is 1. The van der Waals surface area contributed by atoms with Gasteiger partial charge in [-0.25, -0.2) is 0 Å². The van der Waals surface area contributed by atoms with Crippen LogP contribution in [0.15, 0.2) is 109 Å². The van der Waals surface area contributed by atoms with Crippen molar-refractivity contribution in [2.75, 3.05) is 7.11 Å². The zero-order valence-corrected chi connectivity index (χ0v) is 36.0. The van der Waals surface area contributed by atoms with Gasteiger partial charge in [-0.05, 0) is 230 Å². The van der Waals surface area contributed by atoms with Gasteiger partial charge in [-0.1, -0.05) is 68.1 Å². The number of benzene rings is 6. The molecule has 6 aromatic carbocycles. The Morgan fingerprint density at radius 1 is 0.468 bits per heavy atom. The van der Waals surface area contributed by atoms with Gasteiger partial charge in [0.15, 0.2) is 11.6 Å². The highest BCUT2D eigenvalue weighted by atomic mass is 16.5. The number of hydrogen-bond acceptors (Lipinski definition) is 4. The van der Waals surface area contributed by atoms with Gasteiger partial charge in [-0.15, -0.1) is 0 Å². The second-order valence-corrected chi connectivity index (χ2v) is 20.7. The van der Waals surface area contributed by atoms with Gasteiger partial charge < -0.3 is 9.84 Å². The summed E-state index contributed by atoms with van der Waals surface area (Å²) in [5, 5.41) is 15.4. The number of hydrogen-bond donors (Lipinski definition) is 1. The predicted octanol–water partition coefficient (Wildman–Crippen LogP) is 14.7. The minimum Gasteiger partial charge on any atom is -0.508 e. The Bertz CT molecular complexity index is 2670. The molecule has 62 heavy (non-hydrogen) atoms. The fourth-order valence-electron chi connectivity index (χ4n) is 14.6. The molecule has 0 aliphatic heterocycles. The molecule has 0 spiro atoms. The summed E-state index contributed by atoms with van der Waals surface area (Å²) in [6.45, 7) is 3.23. The van der Waals surface area contributed by atoms with Crippen LogP contribution in [0.4, 0.5) is 0 Å². The van der Waals surface area contributed by atoms with Crippen LogP contribution in [-0.2, 0) is 10.8 Å². The lowest BCUT2D eigenvalue weighted by molar-refractivity contribution is -0.00626. The van der Waals surface area contributed by atoms with Crippen molar-refractivity contribution in [1.29, 1.82) is 0 Å². The van der Waals surface area contributed by atoms with Gasteiger partial charge in [0.2, 0.25) is 0 Å². The topological polar surface area (TPSA) is 63.6 Å². The summed E-state index contributed by atoms with van der Waals surface area (Å²) in [6.07, 6.45) is 16.4. The molecule has 318 valence electrons. The van der Waals surface area contributed by atoms with Gasteiger partial charge in [0, 0.05) is 22.3 Å². The summed E-state index contributed by atoms with van der Waals surface area (Å²) in [6, 6.07) is 38.0. The Labute approximate surface area is 368 Å². The molecule has 8 saturated carbocycles. The van der Waals surface area contributed by atoms with Crippen LogP contribution in [0, 0.1) is 35.5 Å². The first-order chi connectivity index (χ1) is 29.5. The van der Waals surface area contributed by atoms with Crippen LogP contribution < -0.4 is 4.74 Å². The maximum atomic E-state index is 11.7. The number of rotatable bonds is 7. The highest BCUT2D eigenvalue weighted by Crippen LogP contribution is 2.63. The molecule has 4 heteroatoms. The molecule has 8 bridgehead atoms. The van der Waals surface area contributed by atoms with E-state index in [9.17, 15) is 14.7 Å². The molecule has 8 aliphatic rings. The number of carbonyl (C=O) groups is 2. The van der Waals surface area contributed by atoms with Crippen LogP contribution >= 0.6 is 0 Å². The number of aromatic hydroxyl groups is 1. The summed E-state index contributed by atoms with van der Waals surface area (Å²) in [7, 11) is 1.82. The van der Waals surface area contributed by atoms with Crippen LogP contribution in [0.2, 0.25) is 0 Å². The van der Waals surface area contributed by atoms with Crippen molar-refractivity contribution in [2.24, 2.45) is 35.5 Å². The number of Topliss-reactive ketones (excluding diaryl/α,β-unsaturated/α-hetero) is 2. The normalized spacial score (nSPS) is 28.6. The Hall–Kier alpha value is -5.22. The zero-order valence-electron chi connectivity index (χ0n) is 36.0. The number of phenols is 1. The van der Waals surface area contributed by atoms with E-state index in [1.807, 2.05) is 49.6 Å². The molecule has 0 radical (unpaired) electrons. The number of ether oxygens (including phenoxy) is 1. The van der Waals surface area contributed by atoms with Crippen molar-refractivity contribution < 1.29 is 19.4 Å². The van der Waals surface area contributed by atoms with Gasteiger partial charge in [-0.3, -0.25) is 9.59 Å². The summed E-state index contributed by atoms with van der Waals surface area (Å²) >= 11 is 0. The fourth-order valence-corrected chi connectivity index (χ4v) is 14.6. The Morgan fingerprint density at radius 3 is 1.23 bits per heavy atom. The first-order valence-corrected chi connectivity index (χ1v) is 23.1. The van der Waals surface area contributed by atoms with E-state index in [0.29, 0.717) is 11.2 Å². The number of carbonyl (C=O) groups excluding carboxylic acids is 2. The second kappa shape index (κ2) is 15.5. The third-order valence-corrected chi connectivity index (χ3v) is 16.6. The molecule has 4 nitrogen and oxygen atoms in total. The van der Waals surface area contributed by atoms with E-state index in [4.69, 9.17) is 4.74 Å². The highest BCUT2D eigenvalue weighted by molar-refractivity contribution is 6.00. The monoisotopic (exact) mass is 822 g/mol. The molecule has 0 unspecified atom stereocenters. The molecule has 8 fully saturated rings. The molecule has 0 aromatic heterocycles. The van der Waals surface area contributed by atoms with Gasteiger partial charge in [0.25, 0.3) is 0 Å². The third kappa shape index (κ3) is 7.16. The van der Waals surface area contributed by atoms with Crippen molar-refractivity contribution in [3.63, 3.8) is 0 Å². The molecule has 1 N–H and O–H groups in total. The summed E-state index contributed by atoms with van der Waals surface area (Å²) in [5.74, 6) is 7.06. The van der Waals surface area contributed by atoms with Crippen molar-refractivity contribution in [2.45, 2.75) is 109 Å². The summed E-state index contributed by atoms with van der Waals surface area (Å²) in [5.41, 5.74) is 9.49. The summed E-state index contributed by atoms with van der Waals surface area (Å²) in [4.78, 5) is 23.4. The molecule has 6 aromatic rings. The molecule has 0 saturated heterocycles. The first-order valence-electron chi connectivity index (χ1n) is 23.1. The van der Waals surface area contributed by atoms with Crippen molar-refractivity contribution in [3.05, 3.63) is 131 Å². The number of ketones is 2. The Balaban J connectivity index is 0.000000146. The molecular weight excluding hydrogens is 761 g/mol. The largest absolute Gasteiger partial charge is 0.508 e. The summed E-state index contributed by atoms with van der Waals surface area (Å²) < 4.78 is 5.90. The van der Waals surface area contributed by atoms with Gasteiger partial charge in [0.05, 0.1) is 7.11 Å². The van der Waals surface area contributed by atoms with Crippen molar-refractivity contribution >= 4 is 33.1 Å². The van der Waals surface area contributed by atoms with E-state index in [2.05, 4.69) is 66.7 Å². The maximum absolute atomic E-state index is 11.7. The average Bonchev–Trinajstić information content (AvgIpc) is 3.25. The smallest absolute Gasteiger partial charge is 0.159 e. The van der Waals surface area contributed by atoms with Gasteiger partial charge >= 0.3 is 0 Å². The minimum atomic E-state index is 0. The fraction of sp³-hybridized carbons (Fsp3) is 0.414. The third-order valence-electron chi connectivity index (χ3n) is 16.6. The van der Waals surface area contributed by atoms with Crippen LogP contribution in [0.5, 0.6) is 11.5 Å². The first kappa shape index (κ1) is 40.8. The Morgan fingerprint density at radius 2 is 0.806 bits per heavy atom. The van der Waals surface area contributed by atoms with Crippen molar-refractivity contribution in [3.8, 4) is 33.8 Å². The maximum Gasteiger partial charge on any atom is 0.159 e. The quantitative estimate of drug-likeness (QED) is 0.163. The predicted molar refractivity (Wildman–Crippen MR) is 253 cm³/mol. The molecule has 0 heterocycles. The lowest BCUT2D eigenvalue weighted by Crippen LogP contribution is -2.48. The van der Waals surface area contributed by atoms with E-state index in [1.165, 1.54) is 116 Å². The number of fused-ring (bicyclic) bond motifs is 2. The van der Waals surface area contributed by atoms with Crippen LogP contribution in [0.3, 0.4) is 0 Å². The average molecular weight is 823 g/mol.